The van der Waals surface area contributed by atoms with Crippen LogP contribution in [0.15, 0.2) is 30.6 Å². The summed E-state index contributed by atoms with van der Waals surface area (Å²) < 4.78 is 28.9. The van der Waals surface area contributed by atoms with Crippen LogP contribution in [0.2, 0.25) is 0 Å². The number of imide groups is 1. The maximum absolute atomic E-state index is 12.7. The van der Waals surface area contributed by atoms with E-state index in [1.54, 1.807) is 0 Å². The number of carbonyl (C=O) groups excluding carboxylic acids is 2. The zero-order valence-corrected chi connectivity index (χ0v) is 17.1. The van der Waals surface area contributed by atoms with Gasteiger partial charge in [-0.1, -0.05) is 6.07 Å². The lowest BCUT2D eigenvalue weighted by Crippen LogP contribution is -2.50. The summed E-state index contributed by atoms with van der Waals surface area (Å²) in [5.74, 6) is -0.749. The number of fused-ring (bicyclic) bond motifs is 1. The van der Waals surface area contributed by atoms with Crippen molar-refractivity contribution in [2.45, 2.75) is 25.8 Å². The van der Waals surface area contributed by atoms with Crippen molar-refractivity contribution in [3.8, 4) is 0 Å². The molecular weight excluding hydrogens is 394 g/mol. The third-order valence-electron chi connectivity index (χ3n) is 5.56. The van der Waals surface area contributed by atoms with E-state index in [-0.39, 0.29) is 24.1 Å². The molecule has 0 unspecified atom stereocenters. The maximum atomic E-state index is 12.7. The van der Waals surface area contributed by atoms with Crippen LogP contribution in [-0.4, -0.2) is 82.2 Å². The Morgan fingerprint density at radius 1 is 1.00 bits per heavy atom. The quantitative estimate of drug-likeness (QED) is 0.626. The highest BCUT2D eigenvalue weighted by Gasteiger charge is 2.31. The van der Waals surface area contributed by atoms with E-state index in [0.717, 1.165) is 16.2 Å². The molecule has 2 aliphatic heterocycles. The fourth-order valence-electron chi connectivity index (χ4n) is 3.88. The lowest BCUT2D eigenvalue weighted by Gasteiger charge is -2.34. The predicted octanol–water partition coefficient (Wildman–Crippen LogP) is 0.321. The highest BCUT2D eigenvalue weighted by molar-refractivity contribution is 7.89. The molecule has 10 heteroatoms. The van der Waals surface area contributed by atoms with Crippen LogP contribution in [0.3, 0.4) is 0 Å². The van der Waals surface area contributed by atoms with Gasteiger partial charge in [-0.05, 0) is 18.6 Å². The summed E-state index contributed by atoms with van der Waals surface area (Å²) in [7, 11) is -3.51. The van der Waals surface area contributed by atoms with E-state index in [1.165, 1.54) is 4.31 Å². The number of piperazine rings is 1. The summed E-state index contributed by atoms with van der Waals surface area (Å²) in [6.45, 7) is 2.71. The Labute approximate surface area is 170 Å². The monoisotopic (exact) mass is 419 g/mol. The van der Waals surface area contributed by atoms with Crippen LogP contribution >= 0.6 is 0 Å². The van der Waals surface area contributed by atoms with Gasteiger partial charge in [-0.2, -0.15) is 4.31 Å². The number of pyridine rings is 1. The van der Waals surface area contributed by atoms with Gasteiger partial charge >= 0.3 is 0 Å². The molecular formula is C19H25N5O4S. The van der Waals surface area contributed by atoms with Gasteiger partial charge in [0.1, 0.15) is 5.65 Å². The minimum Gasteiger partial charge on any atom is -0.303 e. The van der Waals surface area contributed by atoms with Gasteiger partial charge in [0.05, 0.1) is 17.6 Å². The van der Waals surface area contributed by atoms with Crippen LogP contribution in [-0.2, 0) is 26.2 Å². The zero-order chi connectivity index (χ0) is 20.4. The summed E-state index contributed by atoms with van der Waals surface area (Å²) in [4.78, 5) is 31.4. The lowest BCUT2D eigenvalue weighted by molar-refractivity contribution is -0.147. The molecule has 0 aliphatic carbocycles. The van der Waals surface area contributed by atoms with Crippen molar-refractivity contribution in [1.29, 1.82) is 0 Å². The van der Waals surface area contributed by atoms with Gasteiger partial charge in [0.2, 0.25) is 21.8 Å². The minimum atomic E-state index is -3.51. The Kier molecular flexibility index (Phi) is 5.66. The number of sulfonamides is 1. The molecule has 4 heterocycles. The van der Waals surface area contributed by atoms with Crippen molar-refractivity contribution in [3.63, 3.8) is 0 Å². The molecule has 4 rings (SSSR count). The first-order valence-electron chi connectivity index (χ1n) is 9.88. The van der Waals surface area contributed by atoms with Gasteiger partial charge in [0, 0.05) is 58.3 Å². The van der Waals surface area contributed by atoms with Crippen LogP contribution < -0.4 is 0 Å². The van der Waals surface area contributed by atoms with E-state index in [2.05, 4.69) is 9.88 Å². The van der Waals surface area contributed by atoms with Crippen molar-refractivity contribution in [3.05, 3.63) is 36.3 Å². The fourth-order valence-corrected chi connectivity index (χ4v) is 5.27. The first-order valence-corrected chi connectivity index (χ1v) is 11.5. The highest BCUT2D eigenvalue weighted by Crippen LogP contribution is 2.15. The summed E-state index contributed by atoms with van der Waals surface area (Å²) in [6, 6.07) is 5.85. The first-order chi connectivity index (χ1) is 13.9. The molecule has 2 saturated heterocycles. The van der Waals surface area contributed by atoms with Crippen molar-refractivity contribution < 1.29 is 18.0 Å². The molecule has 2 amide bonds. The summed E-state index contributed by atoms with van der Waals surface area (Å²) >= 11 is 0. The second-order valence-corrected chi connectivity index (χ2v) is 9.55. The van der Waals surface area contributed by atoms with Crippen molar-refractivity contribution in [2.24, 2.45) is 0 Å². The number of likely N-dealkylation sites (tertiary alicyclic amines) is 1. The van der Waals surface area contributed by atoms with Crippen molar-refractivity contribution in [1.82, 2.24) is 23.5 Å². The largest absolute Gasteiger partial charge is 0.303 e. The SMILES string of the molecule is O=C1CCCC(=O)N1CCS(=O)(=O)N1CCN(Cc2cnc3ccccn23)CC1. The number of carbonyl (C=O) groups is 2. The van der Waals surface area contributed by atoms with Gasteiger partial charge in [0.25, 0.3) is 0 Å². The fraction of sp³-hybridized carbons (Fsp3) is 0.526. The lowest BCUT2D eigenvalue weighted by atomic mass is 10.1. The Hall–Kier alpha value is -2.30. The predicted molar refractivity (Wildman–Crippen MR) is 106 cm³/mol. The first kappa shape index (κ1) is 20.0. The summed E-state index contributed by atoms with van der Waals surface area (Å²) in [5.41, 5.74) is 1.96. The number of amides is 2. The topological polar surface area (TPSA) is 95.3 Å². The van der Waals surface area contributed by atoms with E-state index < -0.39 is 10.0 Å². The van der Waals surface area contributed by atoms with Crippen LogP contribution in [0.25, 0.3) is 5.65 Å². The molecule has 2 fully saturated rings. The minimum absolute atomic E-state index is 0.0535. The second-order valence-electron chi connectivity index (χ2n) is 7.46. The third kappa shape index (κ3) is 4.34. The number of rotatable bonds is 6. The normalized spacial score (nSPS) is 19.9. The molecule has 0 saturated carbocycles. The van der Waals surface area contributed by atoms with Crippen molar-refractivity contribution in [2.75, 3.05) is 38.5 Å². The summed E-state index contributed by atoms with van der Waals surface area (Å²) in [6.07, 6.45) is 5.00. The van der Waals surface area contributed by atoms with E-state index in [4.69, 9.17) is 0 Å². The number of imidazole rings is 1. The van der Waals surface area contributed by atoms with Gasteiger partial charge in [0.15, 0.2) is 0 Å². The third-order valence-corrected chi connectivity index (χ3v) is 7.41. The average Bonchev–Trinajstić information content (AvgIpc) is 3.11. The molecule has 0 bridgehead atoms. The Morgan fingerprint density at radius 2 is 1.72 bits per heavy atom. The molecule has 2 aliphatic rings. The molecule has 9 nitrogen and oxygen atoms in total. The Morgan fingerprint density at radius 3 is 2.45 bits per heavy atom. The standard InChI is InChI=1S/C19H25N5O4S/c25-18-5-3-6-19(26)24(18)12-13-29(27,28)22-10-8-21(9-11-22)15-16-14-20-17-4-1-2-7-23(16)17/h1-2,4,7,14H,3,5-6,8-13,15H2. The molecule has 156 valence electrons. The zero-order valence-electron chi connectivity index (χ0n) is 16.2. The van der Waals surface area contributed by atoms with E-state index in [9.17, 15) is 18.0 Å². The number of piperidine rings is 1. The van der Waals surface area contributed by atoms with Gasteiger partial charge in [-0.3, -0.25) is 19.4 Å². The molecule has 2 aromatic heterocycles. The number of hydrogen-bond acceptors (Lipinski definition) is 6. The Bertz CT molecular complexity index is 995. The molecule has 2 aromatic rings. The van der Waals surface area contributed by atoms with Crippen LogP contribution in [0.1, 0.15) is 25.0 Å². The van der Waals surface area contributed by atoms with Crippen molar-refractivity contribution >= 4 is 27.5 Å². The molecule has 0 atom stereocenters. The molecule has 0 spiro atoms. The van der Waals surface area contributed by atoms with E-state index in [1.807, 2.05) is 35.0 Å². The molecule has 0 N–H and O–H groups in total. The average molecular weight is 420 g/mol. The summed E-state index contributed by atoms with van der Waals surface area (Å²) in [5, 5.41) is 0. The van der Waals surface area contributed by atoms with Gasteiger partial charge in [-0.15, -0.1) is 0 Å². The Balaban J connectivity index is 1.31. The van der Waals surface area contributed by atoms with E-state index >= 15 is 0 Å². The number of nitrogens with zero attached hydrogens (tertiary/aromatic N) is 5. The van der Waals surface area contributed by atoms with Gasteiger partial charge in [-0.25, -0.2) is 13.4 Å². The maximum Gasteiger partial charge on any atom is 0.229 e. The number of aromatic nitrogens is 2. The van der Waals surface area contributed by atoms with Crippen LogP contribution in [0.5, 0.6) is 0 Å². The highest BCUT2D eigenvalue weighted by atomic mass is 32.2. The smallest absolute Gasteiger partial charge is 0.229 e. The van der Waals surface area contributed by atoms with Gasteiger partial charge < -0.3 is 4.40 Å². The second kappa shape index (κ2) is 8.21. The van der Waals surface area contributed by atoms with E-state index in [0.29, 0.717) is 52.0 Å². The van der Waals surface area contributed by atoms with Crippen LogP contribution in [0.4, 0.5) is 0 Å². The molecule has 0 aromatic carbocycles. The van der Waals surface area contributed by atoms with Crippen LogP contribution in [0, 0.1) is 0 Å². The molecule has 0 radical (unpaired) electrons. The number of hydrogen-bond donors (Lipinski definition) is 0. The molecule has 29 heavy (non-hydrogen) atoms.